The largest absolute Gasteiger partial charge is 0.429 e. The van der Waals surface area contributed by atoms with Crippen molar-refractivity contribution in [2.24, 2.45) is 10.9 Å². The van der Waals surface area contributed by atoms with Crippen molar-refractivity contribution in [2.75, 3.05) is 11.9 Å². The Morgan fingerprint density at radius 1 is 1.12 bits per heavy atom. The van der Waals surface area contributed by atoms with Gasteiger partial charge in [0.2, 0.25) is 0 Å². The molecule has 0 atom stereocenters. The lowest BCUT2D eigenvalue weighted by atomic mass is 9.80. The van der Waals surface area contributed by atoms with Crippen molar-refractivity contribution in [3.63, 3.8) is 0 Å². The fourth-order valence-electron chi connectivity index (χ4n) is 5.05. The van der Waals surface area contributed by atoms with Crippen LogP contribution in [0, 0.1) is 5.92 Å². The molecule has 0 bridgehead atoms. The van der Waals surface area contributed by atoms with Crippen LogP contribution in [0.5, 0.6) is 0 Å². The first-order chi connectivity index (χ1) is 16.0. The molecule has 170 valence electrons. The molecule has 4 aromatic rings. The number of halogens is 3. The number of hydrogen-bond acceptors (Lipinski definition) is 5. The van der Waals surface area contributed by atoms with Gasteiger partial charge in [-0.1, -0.05) is 11.3 Å². The maximum absolute atomic E-state index is 12.9. The molecule has 3 aromatic heterocycles. The highest BCUT2D eigenvalue weighted by Crippen LogP contribution is 2.38. The Bertz CT molecular complexity index is 1360. The molecule has 0 spiro atoms. The van der Waals surface area contributed by atoms with Crippen LogP contribution in [0.3, 0.4) is 0 Å². The van der Waals surface area contributed by atoms with Crippen LogP contribution in [0.15, 0.2) is 41.8 Å². The molecule has 2 N–H and O–H groups in total. The van der Waals surface area contributed by atoms with E-state index in [4.69, 9.17) is 0 Å². The fourth-order valence-corrected chi connectivity index (χ4v) is 5.05. The average molecular weight is 453 g/mol. The van der Waals surface area contributed by atoms with E-state index >= 15 is 0 Å². The van der Waals surface area contributed by atoms with Crippen LogP contribution < -0.4 is 5.32 Å². The normalized spacial score (nSPS) is 20.9. The topological polar surface area (TPSA) is 83.3 Å². The van der Waals surface area contributed by atoms with Gasteiger partial charge in [0.05, 0.1) is 11.4 Å². The molecule has 33 heavy (non-hydrogen) atoms. The highest BCUT2D eigenvalue weighted by Gasteiger charge is 2.38. The van der Waals surface area contributed by atoms with E-state index in [0.717, 1.165) is 60.2 Å². The molecule has 0 amide bonds. The number of H-pyrrole nitrogens is 1. The second-order valence-corrected chi connectivity index (χ2v) is 8.93. The van der Waals surface area contributed by atoms with Gasteiger partial charge in [-0.05, 0) is 55.4 Å². The molecule has 6 rings (SSSR count). The zero-order valence-electron chi connectivity index (χ0n) is 17.7. The van der Waals surface area contributed by atoms with Gasteiger partial charge in [-0.2, -0.15) is 13.2 Å². The van der Waals surface area contributed by atoms with Crippen LogP contribution >= 0.6 is 0 Å². The maximum atomic E-state index is 12.9. The van der Waals surface area contributed by atoms with Gasteiger partial charge in [0.15, 0.2) is 0 Å². The van der Waals surface area contributed by atoms with Crippen LogP contribution in [0.1, 0.15) is 42.9 Å². The minimum atomic E-state index is -4.37. The molecule has 1 aliphatic carbocycles. The van der Waals surface area contributed by atoms with Gasteiger partial charge >= 0.3 is 6.18 Å². The molecule has 1 aliphatic heterocycles. The van der Waals surface area contributed by atoms with E-state index in [0.29, 0.717) is 23.1 Å². The highest BCUT2D eigenvalue weighted by molar-refractivity contribution is 5.98. The van der Waals surface area contributed by atoms with E-state index in [-0.39, 0.29) is 6.42 Å². The molecule has 7 nitrogen and oxygen atoms in total. The summed E-state index contributed by atoms with van der Waals surface area (Å²) >= 11 is 0. The first-order valence-electron chi connectivity index (χ1n) is 11.1. The van der Waals surface area contributed by atoms with Crippen molar-refractivity contribution in [2.45, 2.75) is 44.2 Å². The Labute approximate surface area is 187 Å². The van der Waals surface area contributed by atoms with Crippen molar-refractivity contribution < 1.29 is 13.2 Å². The van der Waals surface area contributed by atoms with Gasteiger partial charge in [-0.25, -0.2) is 14.5 Å². The molecule has 10 heteroatoms. The summed E-state index contributed by atoms with van der Waals surface area (Å²) in [5, 5.41) is 13.2. The third kappa shape index (κ3) is 3.63. The Hall–Kier alpha value is -3.43. The predicted molar refractivity (Wildman–Crippen MR) is 119 cm³/mol. The van der Waals surface area contributed by atoms with Gasteiger partial charge in [0.25, 0.3) is 0 Å². The summed E-state index contributed by atoms with van der Waals surface area (Å²) in [6, 6.07) is 7.32. The van der Waals surface area contributed by atoms with Crippen molar-refractivity contribution in [3.05, 3.63) is 48.0 Å². The summed E-state index contributed by atoms with van der Waals surface area (Å²) in [6.45, 7) is 0.787. The number of nitrogens with zero attached hydrogens (tertiary/aromatic N) is 5. The molecule has 0 saturated heterocycles. The first-order valence-corrected chi connectivity index (χ1v) is 11.1. The zero-order valence-corrected chi connectivity index (χ0v) is 17.7. The number of fused-ring (bicyclic) bond motifs is 4. The summed E-state index contributed by atoms with van der Waals surface area (Å²) in [6.07, 6.45) is 3.22. The molecular weight excluding hydrogens is 431 g/mol. The number of aromatic amines is 1. The third-order valence-electron chi connectivity index (χ3n) is 6.85. The standard InChI is InChI=1S/C23H22F3N7/c24-23(25,26)19-9-15-5-6-16(10-18(15)30-19)28-11-13-1-3-14(4-2-13)20-21-17-7-8-27-22(17)29-12-33(21)32-31-20/h5-8,10,12-14,27-28H,1-4,9,11H2. The van der Waals surface area contributed by atoms with Crippen LogP contribution in [0.25, 0.3) is 16.6 Å². The zero-order chi connectivity index (χ0) is 22.6. The summed E-state index contributed by atoms with van der Waals surface area (Å²) in [7, 11) is 0. The summed E-state index contributed by atoms with van der Waals surface area (Å²) in [4.78, 5) is 11.3. The van der Waals surface area contributed by atoms with E-state index in [9.17, 15) is 13.2 Å². The number of anilines is 1. The smallest absolute Gasteiger partial charge is 0.385 e. The Balaban J connectivity index is 1.10. The van der Waals surface area contributed by atoms with Gasteiger partial charge in [0.1, 0.15) is 23.2 Å². The van der Waals surface area contributed by atoms with Crippen LogP contribution in [0.2, 0.25) is 0 Å². The lowest BCUT2D eigenvalue weighted by Gasteiger charge is -2.28. The van der Waals surface area contributed by atoms with Gasteiger partial charge in [-0.3, -0.25) is 0 Å². The summed E-state index contributed by atoms with van der Waals surface area (Å²) in [5.41, 5.74) is 4.04. The first kappa shape index (κ1) is 20.2. The Kier molecular flexibility index (Phi) is 4.63. The van der Waals surface area contributed by atoms with E-state index in [1.807, 2.05) is 18.3 Å². The van der Waals surface area contributed by atoms with Crippen molar-refractivity contribution >= 4 is 33.6 Å². The quantitative estimate of drug-likeness (QED) is 0.446. The van der Waals surface area contributed by atoms with Crippen LogP contribution in [0.4, 0.5) is 24.5 Å². The van der Waals surface area contributed by atoms with E-state index < -0.39 is 11.9 Å². The van der Waals surface area contributed by atoms with E-state index in [1.54, 1.807) is 23.0 Å². The molecule has 1 aromatic carbocycles. The second-order valence-electron chi connectivity index (χ2n) is 8.93. The fraction of sp³-hybridized carbons (Fsp3) is 0.391. The number of nitrogens with one attached hydrogen (secondary N) is 2. The summed E-state index contributed by atoms with van der Waals surface area (Å²) < 4.78 is 40.6. The Morgan fingerprint density at radius 2 is 1.97 bits per heavy atom. The number of rotatable bonds is 4. The number of hydrogen-bond donors (Lipinski definition) is 2. The Morgan fingerprint density at radius 3 is 2.79 bits per heavy atom. The minimum absolute atomic E-state index is 0.147. The second kappa shape index (κ2) is 7.57. The van der Waals surface area contributed by atoms with Gasteiger partial charge in [0, 0.05) is 36.2 Å². The van der Waals surface area contributed by atoms with Crippen LogP contribution in [-0.2, 0) is 6.42 Å². The van der Waals surface area contributed by atoms with Crippen molar-refractivity contribution in [1.82, 2.24) is 24.8 Å². The molecule has 1 saturated carbocycles. The lowest BCUT2D eigenvalue weighted by molar-refractivity contribution is -0.0597. The van der Waals surface area contributed by atoms with Crippen molar-refractivity contribution in [3.8, 4) is 0 Å². The van der Waals surface area contributed by atoms with E-state index in [1.165, 1.54) is 0 Å². The SMILES string of the molecule is FC(F)(F)C1=Nc2cc(NCC3CCC(c4nnn5cnc6[nH]ccc6c45)CC3)ccc2C1. The molecular formula is C23H22F3N7. The number of alkyl halides is 3. The van der Waals surface area contributed by atoms with Crippen molar-refractivity contribution in [1.29, 1.82) is 0 Å². The number of aromatic nitrogens is 5. The molecule has 4 heterocycles. The van der Waals surface area contributed by atoms with E-state index in [2.05, 4.69) is 30.6 Å². The molecule has 2 aliphatic rings. The highest BCUT2D eigenvalue weighted by atomic mass is 19.4. The van der Waals surface area contributed by atoms with Gasteiger partial charge < -0.3 is 10.3 Å². The summed E-state index contributed by atoms with van der Waals surface area (Å²) in [5.74, 6) is 0.855. The minimum Gasteiger partial charge on any atom is -0.385 e. The van der Waals surface area contributed by atoms with Gasteiger partial charge in [-0.15, -0.1) is 5.10 Å². The van der Waals surface area contributed by atoms with Crippen LogP contribution in [-0.4, -0.2) is 43.2 Å². The lowest BCUT2D eigenvalue weighted by Crippen LogP contribution is -2.22. The average Bonchev–Trinajstić information content (AvgIpc) is 3.54. The maximum Gasteiger partial charge on any atom is 0.429 e. The number of benzene rings is 1. The molecule has 0 radical (unpaired) electrons. The molecule has 1 fully saturated rings. The number of aliphatic imine (C=N–C) groups is 1. The third-order valence-corrected chi connectivity index (χ3v) is 6.85. The predicted octanol–water partition coefficient (Wildman–Crippen LogP) is 5.18. The monoisotopic (exact) mass is 453 g/mol. The molecule has 0 unspecified atom stereocenters.